The van der Waals surface area contributed by atoms with E-state index in [1.807, 2.05) is 26.0 Å². The molecule has 1 rings (SSSR count). The van der Waals surface area contributed by atoms with Crippen LogP contribution in [0.5, 0.6) is 0 Å². The number of halogens is 1. The first kappa shape index (κ1) is 13.0. The summed E-state index contributed by atoms with van der Waals surface area (Å²) >= 11 is 6.17. The van der Waals surface area contributed by atoms with Gasteiger partial charge in [-0.1, -0.05) is 30.7 Å². The van der Waals surface area contributed by atoms with E-state index in [0.717, 1.165) is 12.1 Å². The lowest BCUT2D eigenvalue weighted by atomic mass is 10.0. The third-order valence-electron chi connectivity index (χ3n) is 2.79. The van der Waals surface area contributed by atoms with E-state index in [-0.39, 0.29) is 6.04 Å². The van der Waals surface area contributed by atoms with Crippen molar-refractivity contribution in [3.8, 4) is 6.07 Å². The van der Waals surface area contributed by atoms with Crippen LogP contribution in [0.3, 0.4) is 0 Å². The van der Waals surface area contributed by atoms with Gasteiger partial charge < -0.3 is 5.73 Å². The van der Waals surface area contributed by atoms with Crippen LogP contribution in [-0.2, 0) is 0 Å². The summed E-state index contributed by atoms with van der Waals surface area (Å²) < 4.78 is 0. The summed E-state index contributed by atoms with van der Waals surface area (Å²) in [5, 5.41) is 9.44. The van der Waals surface area contributed by atoms with Crippen LogP contribution >= 0.6 is 11.6 Å². The second kappa shape index (κ2) is 5.86. The SMILES string of the molecule is CCN(CN)C(C)c1cccc(C#N)c1Cl. The molecule has 0 aliphatic heterocycles. The highest BCUT2D eigenvalue weighted by Gasteiger charge is 2.17. The normalized spacial score (nSPS) is 12.5. The molecule has 1 aromatic rings. The maximum absolute atomic E-state index is 8.90. The molecule has 0 heterocycles. The van der Waals surface area contributed by atoms with E-state index in [9.17, 15) is 0 Å². The fourth-order valence-corrected chi connectivity index (χ4v) is 2.04. The molecular weight excluding hydrogens is 222 g/mol. The Kier molecular flexibility index (Phi) is 4.75. The van der Waals surface area contributed by atoms with Gasteiger partial charge in [-0.2, -0.15) is 5.26 Å². The van der Waals surface area contributed by atoms with E-state index in [0.29, 0.717) is 17.3 Å². The highest BCUT2D eigenvalue weighted by atomic mass is 35.5. The van der Waals surface area contributed by atoms with E-state index in [1.165, 1.54) is 0 Å². The van der Waals surface area contributed by atoms with Crippen molar-refractivity contribution in [2.45, 2.75) is 19.9 Å². The summed E-state index contributed by atoms with van der Waals surface area (Å²) in [5.41, 5.74) is 7.12. The van der Waals surface area contributed by atoms with Gasteiger partial charge in [-0.25, -0.2) is 0 Å². The van der Waals surface area contributed by atoms with Crippen molar-refractivity contribution in [3.05, 3.63) is 34.3 Å². The molecule has 0 spiro atoms. The number of nitriles is 1. The minimum absolute atomic E-state index is 0.121. The van der Waals surface area contributed by atoms with Gasteiger partial charge in [-0.15, -0.1) is 0 Å². The molecule has 86 valence electrons. The van der Waals surface area contributed by atoms with Crippen molar-refractivity contribution in [3.63, 3.8) is 0 Å². The van der Waals surface area contributed by atoms with E-state index < -0.39 is 0 Å². The molecule has 1 unspecified atom stereocenters. The number of hydrogen-bond donors (Lipinski definition) is 1. The lowest BCUT2D eigenvalue weighted by Crippen LogP contribution is -2.32. The number of hydrogen-bond acceptors (Lipinski definition) is 3. The topological polar surface area (TPSA) is 53.0 Å². The zero-order chi connectivity index (χ0) is 12.1. The van der Waals surface area contributed by atoms with Crippen molar-refractivity contribution < 1.29 is 0 Å². The summed E-state index contributed by atoms with van der Waals surface area (Å²) in [6, 6.07) is 7.71. The van der Waals surface area contributed by atoms with Crippen LogP contribution in [0.1, 0.15) is 31.0 Å². The molecule has 2 N–H and O–H groups in total. The van der Waals surface area contributed by atoms with Crippen LogP contribution in [0.15, 0.2) is 18.2 Å². The molecule has 0 bridgehead atoms. The monoisotopic (exact) mass is 237 g/mol. The molecule has 3 nitrogen and oxygen atoms in total. The minimum atomic E-state index is 0.121. The zero-order valence-corrected chi connectivity index (χ0v) is 10.3. The van der Waals surface area contributed by atoms with Crippen molar-refractivity contribution in [2.75, 3.05) is 13.2 Å². The van der Waals surface area contributed by atoms with Crippen LogP contribution in [0.2, 0.25) is 5.02 Å². The van der Waals surface area contributed by atoms with Gasteiger partial charge in [0.15, 0.2) is 0 Å². The molecule has 0 saturated carbocycles. The molecule has 1 aromatic carbocycles. The number of benzene rings is 1. The molecule has 1 atom stereocenters. The summed E-state index contributed by atoms with van der Waals surface area (Å²) in [6.45, 7) is 5.42. The van der Waals surface area contributed by atoms with Crippen molar-refractivity contribution in [1.82, 2.24) is 4.90 Å². The second-order valence-corrected chi connectivity index (χ2v) is 3.96. The van der Waals surface area contributed by atoms with E-state index in [4.69, 9.17) is 22.6 Å². The predicted octanol–water partition coefficient (Wildman–Crippen LogP) is 2.51. The Bertz CT molecular complexity index is 394. The fourth-order valence-electron chi connectivity index (χ4n) is 1.72. The first-order chi connectivity index (χ1) is 7.65. The van der Waals surface area contributed by atoms with Gasteiger partial charge in [-0.05, 0) is 25.1 Å². The van der Waals surface area contributed by atoms with Gasteiger partial charge in [-0.3, -0.25) is 4.90 Å². The summed E-state index contributed by atoms with van der Waals surface area (Å²) in [6.07, 6.45) is 0. The van der Waals surface area contributed by atoms with Gasteiger partial charge in [0.1, 0.15) is 6.07 Å². The van der Waals surface area contributed by atoms with Crippen molar-refractivity contribution >= 4 is 11.6 Å². The number of rotatable bonds is 4. The van der Waals surface area contributed by atoms with E-state index >= 15 is 0 Å². The maximum Gasteiger partial charge on any atom is 0.101 e. The second-order valence-electron chi connectivity index (χ2n) is 3.58. The van der Waals surface area contributed by atoms with Crippen LogP contribution in [0, 0.1) is 11.3 Å². The van der Waals surface area contributed by atoms with Crippen LogP contribution in [-0.4, -0.2) is 18.1 Å². The standard InChI is InChI=1S/C12H16ClN3/c1-3-16(8-15)9(2)11-6-4-5-10(7-14)12(11)13/h4-6,9H,3,8,15H2,1-2H3. The molecule has 0 saturated heterocycles. The first-order valence-corrected chi connectivity index (χ1v) is 5.66. The largest absolute Gasteiger partial charge is 0.318 e. The van der Waals surface area contributed by atoms with Crippen LogP contribution in [0.4, 0.5) is 0 Å². The Morgan fingerprint density at radius 1 is 1.56 bits per heavy atom. The van der Waals surface area contributed by atoms with Gasteiger partial charge in [0.05, 0.1) is 10.6 Å². The average molecular weight is 238 g/mol. The molecule has 4 heteroatoms. The third-order valence-corrected chi connectivity index (χ3v) is 3.21. The van der Waals surface area contributed by atoms with Crippen LogP contribution in [0.25, 0.3) is 0 Å². The molecule has 0 aromatic heterocycles. The third kappa shape index (κ3) is 2.53. The lowest BCUT2D eigenvalue weighted by molar-refractivity contribution is 0.228. The highest BCUT2D eigenvalue weighted by molar-refractivity contribution is 6.32. The molecule has 16 heavy (non-hydrogen) atoms. The quantitative estimate of drug-likeness (QED) is 0.819. The van der Waals surface area contributed by atoms with E-state index in [2.05, 4.69) is 11.0 Å². The fraction of sp³-hybridized carbons (Fsp3) is 0.417. The molecule has 0 amide bonds. The first-order valence-electron chi connectivity index (χ1n) is 5.28. The van der Waals surface area contributed by atoms with Gasteiger partial charge in [0.2, 0.25) is 0 Å². The van der Waals surface area contributed by atoms with Gasteiger partial charge in [0.25, 0.3) is 0 Å². The molecule has 0 aliphatic carbocycles. The predicted molar refractivity (Wildman–Crippen MR) is 66.0 cm³/mol. The zero-order valence-electron chi connectivity index (χ0n) is 9.57. The molecule has 0 aliphatic rings. The van der Waals surface area contributed by atoms with E-state index in [1.54, 1.807) is 6.07 Å². The van der Waals surface area contributed by atoms with Crippen LogP contribution < -0.4 is 5.73 Å². The Morgan fingerprint density at radius 3 is 2.75 bits per heavy atom. The summed E-state index contributed by atoms with van der Waals surface area (Å²) in [7, 11) is 0. The van der Waals surface area contributed by atoms with Gasteiger partial charge >= 0.3 is 0 Å². The summed E-state index contributed by atoms with van der Waals surface area (Å²) in [4.78, 5) is 2.09. The maximum atomic E-state index is 8.90. The van der Waals surface area contributed by atoms with Crippen molar-refractivity contribution in [1.29, 1.82) is 5.26 Å². The Hall–Kier alpha value is -1.08. The number of nitrogens with two attached hydrogens (primary N) is 1. The summed E-state index contributed by atoms with van der Waals surface area (Å²) in [5.74, 6) is 0. The Balaban J connectivity index is 3.09. The Morgan fingerprint density at radius 2 is 2.25 bits per heavy atom. The highest BCUT2D eigenvalue weighted by Crippen LogP contribution is 2.29. The molecule has 0 radical (unpaired) electrons. The Labute approximate surface area is 101 Å². The minimum Gasteiger partial charge on any atom is -0.318 e. The number of nitrogens with zero attached hydrogens (tertiary/aromatic N) is 2. The van der Waals surface area contributed by atoms with Crippen molar-refractivity contribution in [2.24, 2.45) is 5.73 Å². The lowest BCUT2D eigenvalue weighted by Gasteiger charge is -2.27. The average Bonchev–Trinajstić information content (AvgIpc) is 2.30. The molecular formula is C12H16ClN3. The van der Waals surface area contributed by atoms with Gasteiger partial charge in [0, 0.05) is 12.7 Å². The molecule has 0 fully saturated rings. The smallest absolute Gasteiger partial charge is 0.101 e.